The first-order chi connectivity index (χ1) is 12.8. The summed E-state index contributed by atoms with van der Waals surface area (Å²) in [6, 6.07) is -1.04. The molecule has 156 valence electrons. The van der Waals surface area contributed by atoms with Crippen molar-refractivity contribution in [2.45, 2.75) is 77.2 Å². The van der Waals surface area contributed by atoms with Crippen LogP contribution >= 0.6 is 11.8 Å². The van der Waals surface area contributed by atoms with Crippen LogP contribution in [0.3, 0.4) is 0 Å². The maximum Gasteiger partial charge on any atom is 0.327 e. The molecule has 0 aromatic rings. The fraction of sp³-hybridized carbons (Fsp3) is 0.824. The lowest BCUT2D eigenvalue weighted by Crippen LogP contribution is -2.42. The normalized spacial score (nSPS) is 11.6. The molecule has 0 aliphatic heterocycles. The van der Waals surface area contributed by atoms with Gasteiger partial charge in [-0.3, -0.25) is 9.59 Å². The van der Waals surface area contributed by atoms with Crippen LogP contribution in [0.1, 0.15) is 71.1 Å². The molecule has 0 saturated heterocycles. The molecule has 0 saturated carbocycles. The molecular formula is C17H30N2O7S. The fourth-order valence-corrected chi connectivity index (χ4v) is 3.03. The summed E-state index contributed by atoms with van der Waals surface area (Å²) in [5.74, 6) is -1.40. The Morgan fingerprint density at radius 2 is 1.56 bits per heavy atom. The van der Waals surface area contributed by atoms with E-state index in [1.54, 1.807) is 0 Å². The number of amides is 1. The van der Waals surface area contributed by atoms with Crippen LogP contribution in [0, 0.1) is 10.1 Å². The number of rotatable bonds is 17. The highest BCUT2D eigenvalue weighted by Gasteiger charge is 2.20. The first-order valence-electron chi connectivity index (χ1n) is 9.25. The van der Waals surface area contributed by atoms with Crippen LogP contribution in [0.15, 0.2) is 0 Å². The highest BCUT2D eigenvalue weighted by Crippen LogP contribution is 2.11. The number of carbonyl (C=O) groups is 3. The van der Waals surface area contributed by atoms with Crippen molar-refractivity contribution in [2.24, 2.45) is 0 Å². The quantitative estimate of drug-likeness (QED) is 0.214. The molecule has 0 spiro atoms. The minimum absolute atomic E-state index is 0.0363. The molecule has 2 N–H and O–H groups in total. The molecule has 0 radical (unpaired) electrons. The Morgan fingerprint density at radius 3 is 2.04 bits per heavy atom. The molecule has 1 atom stereocenters. The van der Waals surface area contributed by atoms with E-state index in [-0.39, 0.29) is 29.8 Å². The van der Waals surface area contributed by atoms with E-state index in [1.165, 1.54) is 6.92 Å². The Morgan fingerprint density at radius 1 is 1.04 bits per heavy atom. The smallest absolute Gasteiger partial charge is 0.327 e. The molecule has 0 rings (SSSR count). The molecule has 0 aliphatic carbocycles. The van der Waals surface area contributed by atoms with Gasteiger partial charge in [0, 0.05) is 19.1 Å². The highest BCUT2D eigenvalue weighted by molar-refractivity contribution is 8.13. The third-order valence-corrected chi connectivity index (χ3v) is 4.74. The van der Waals surface area contributed by atoms with E-state index in [4.69, 9.17) is 5.11 Å². The molecule has 0 aromatic carbocycles. The van der Waals surface area contributed by atoms with Crippen molar-refractivity contribution in [1.29, 1.82) is 0 Å². The highest BCUT2D eigenvalue weighted by atomic mass is 32.2. The van der Waals surface area contributed by atoms with E-state index in [0.29, 0.717) is 12.8 Å². The predicted octanol–water partition coefficient (Wildman–Crippen LogP) is 2.94. The van der Waals surface area contributed by atoms with Crippen LogP contribution in [0.5, 0.6) is 0 Å². The largest absolute Gasteiger partial charge is 0.480 e. The molecule has 9 nitrogen and oxygen atoms in total. The summed E-state index contributed by atoms with van der Waals surface area (Å²) in [4.78, 5) is 47.9. The average Bonchev–Trinajstić information content (AvgIpc) is 2.58. The van der Waals surface area contributed by atoms with E-state index >= 15 is 0 Å². The van der Waals surface area contributed by atoms with Crippen LogP contribution in [-0.2, 0) is 19.2 Å². The SMILES string of the molecule is CC(=O)SCC(NC(=O)CCCCCCCCCCCO[N+](=O)[O-])C(=O)O. The van der Waals surface area contributed by atoms with Crippen molar-refractivity contribution >= 4 is 28.8 Å². The Labute approximate surface area is 163 Å². The second-order valence-electron chi connectivity index (χ2n) is 6.25. The van der Waals surface area contributed by atoms with Crippen LogP contribution in [-0.4, -0.2) is 45.6 Å². The standard InChI is InChI=1S/C17H30N2O7S/c1-14(20)27-13-15(17(22)23)18-16(21)11-9-7-5-3-2-4-6-8-10-12-26-19(24)25/h15H,2-13H2,1H3,(H,18,21)(H,22,23). The van der Waals surface area contributed by atoms with Crippen LogP contribution < -0.4 is 5.32 Å². The van der Waals surface area contributed by atoms with Gasteiger partial charge in [0.05, 0.1) is 6.61 Å². The number of thioether (sulfide) groups is 1. The second-order valence-corrected chi connectivity index (χ2v) is 7.45. The van der Waals surface area contributed by atoms with E-state index in [2.05, 4.69) is 10.2 Å². The van der Waals surface area contributed by atoms with Crippen molar-refractivity contribution in [2.75, 3.05) is 12.4 Å². The van der Waals surface area contributed by atoms with E-state index in [1.807, 2.05) is 0 Å². The van der Waals surface area contributed by atoms with Crippen LogP contribution in [0.2, 0.25) is 0 Å². The Kier molecular flexibility index (Phi) is 15.2. The zero-order chi connectivity index (χ0) is 20.5. The molecule has 27 heavy (non-hydrogen) atoms. The maximum atomic E-state index is 11.8. The summed E-state index contributed by atoms with van der Waals surface area (Å²) < 4.78 is 0. The second kappa shape index (κ2) is 16.3. The first-order valence-corrected chi connectivity index (χ1v) is 10.2. The Balaban J connectivity index is 3.55. The van der Waals surface area contributed by atoms with Crippen molar-refractivity contribution in [3.8, 4) is 0 Å². The van der Waals surface area contributed by atoms with Gasteiger partial charge in [0.1, 0.15) is 6.04 Å². The summed E-state index contributed by atoms with van der Waals surface area (Å²) in [7, 11) is 0. The number of hydrogen-bond donors (Lipinski definition) is 2. The fourth-order valence-electron chi connectivity index (χ4n) is 2.41. The molecule has 0 aliphatic rings. The summed E-state index contributed by atoms with van der Waals surface area (Å²) in [5.41, 5.74) is 0. The van der Waals surface area contributed by atoms with E-state index in [0.717, 1.165) is 56.7 Å². The maximum absolute atomic E-state index is 11.8. The monoisotopic (exact) mass is 406 g/mol. The molecule has 0 aromatic heterocycles. The number of hydrogen-bond acceptors (Lipinski definition) is 7. The first kappa shape index (κ1) is 25.2. The Bertz CT molecular complexity index is 474. The lowest BCUT2D eigenvalue weighted by atomic mass is 10.1. The van der Waals surface area contributed by atoms with E-state index in [9.17, 15) is 24.5 Å². The van der Waals surface area contributed by atoms with Crippen molar-refractivity contribution in [3.63, 3.8) is 0 Å². The Hall–Kier alpha value is -1.84. The number of carboxylic acid groups (broad SMARTS) is 1. The zero-order valence-electron chi connectivity index (χ0n) is 15.8. The zero-order valence-corrected chi connectivity index (χ0v) is 16.6. The van der Waals surface area contributed by atoms with Crippen molar-refractivity contribution in [1.82, 2.24) is 5.32 Å². The van der Waals surface area contributed by atoms with Crippen LogP contribution in [0.25, 0.3) is 0 Å². The van der Waals surface area contributed by atoms with Crippen LogP contribution in [0.4, 0.5) is 0 Å². The molecule has 1 amide bonds. The molecule has 10 heteroatoms. The molecule has 0 heterocycles. The number of unbranched alkanes of at least 4 members (excludes halogenated alkanes) is 8. The van der Waals surface area contributed by atoms with Gasteiger partial charge in [0.2, 0.25) is 5.91 Å². The number of carboxylic acids is 1. The summed E-state index contributed by atoms with van der Waals surface area (Å²) in [5, 5.41) is 20.5. The number of nitrogens with one attached hydrogen (secondary N) is 1. The minimum Gasteiger partial charge on any atom is -0.480 e. The van der Waals surface area contributed by atoms with Gasteiger partial charge in [-0.2, -0.15) is 0 Å². The summed E-state index contributed by atoms with van der Waals surface area (Å²) in [6.07, 6.45) is 8.78. The number of carbonyl (C=O) groups excluding carboxylic acids is 2. The number of aliphatic carboxylic acids is 1. The van der Waals surface area contributed by atoms with Gasteiger partial charge in [0.25, 0.3) is 5.09 Å². The lowest BCUT2D eigenvalue weighted by molar-refractivity contribution is -0.757. The van der Waals surface area contributed by atoms with Gasteiger partial charge < -0.3 is 15.3 Å². The molecule has 0 fully saturated rings. The van der Waals surface area contributed by atoms with Gasteiger partial charge in [0.15, 0.2) is 5.12 Å². The minimum atomic E-state index is -1.14. The summed E-state index contributed by atoms with van der Waals surface area (Å²) in [6.45, 7) is 1.52. The predicted molar refractivity (Wildman–Crippen MR) is 102 cm³/mol. The van der Waals surface area contributed by atoms with Gasteiger partial charge in [-0.25, -0.2) is 4.79 Å². The molecule has 0 bridgehead atoms. The van der Waals surface area contributed by atoms with Crippen molar-refractivity contribution < 1.29 is 29.4 Å². The van der Waals surface area contributed by atoms with E-state index < -0.39 is 17.1 Å². The average molecular weight is 407 g/mol. The number of nitrogens with zero attached hydrogens (tertiary/aromatic N) is 1. The molecular weight excluding hydrogens is 376 g/mol. The third-order valence-electron chi connectivity index (χ3n) is 3.83. The van der Waals surface area contributed by atoms with Gasteiger partial charge >= 0.3 is 5.97 Å². The molecule has 1 unspecified atom stereocenters. The van der Waals surface area contributed by atoms with Crippen molar-refractivity contribution in [3.05, 3.63) is 10.1 Å². The lowest BCUT2D eigenvalue weighted by Gasteiger charge is -2.13. The third kappa shape index (κ3) is 17.3. The van der Waals surface area contributed by atoms with Gasteiger partial charge in [-0.15, -0.1) is 10.1 Å². The topological polar surface area (TPSA) is 136 Å². The van der Waals surface area contributed by atoms with Gasteiger partial charge in [-0.1, -0.05) is 56.7 Å². The summed E-state index contributed by atoms with van der Waals surface area (Å²) >= 11 is 0.885. The van der Waals surface area contributed by atoms with Gasteiger partial charge in [-0.05, 0) is 12.8 Å².